The lowest BCUT2D eigenvalue weighted by molar-refractivity contribution is -0.355. The summed E-state index contributed by atoms with van der Waals surface area (Å²) in [5, 5.41) is 22.5. The molecule has 3 rings (SSSR count). The van der Waals surface area contributed by atoms with E-state index >= 15 is 0 Å². The molecular formula is C12H18N7O4+. The summed E-state index contributed by atoms with van der Waals surface area (Å²) in [6.07, 6.45) is -0.0355. The molecule has 0 unspecified atom stereocenters. The van der Waals surface area contributed by atoms with Gasteiger partial charge < -0.3 is 31.7 Å². The molecule has 23 heavy (non-hydrogen) atoms. The number of quaternary nitrogens is 1. The van der Waals surface area contributed by atoms with E-state index in [1.54, 1.807) is 0 Å². The molecule has 1 saturated heterocycles. The minimum Gasteiger partial charge on any atom is -0.394 e. The summed E-state index contributed by atoms with van der Waals surface area (Å²) < 4.78 is 7.16. The standard InChI is InChI=1S/C12H17N7O4/c13-1-6(21)18-7-5(2-20)23-12(9(7)22)19-4-17-8-10(14)15-3-16-11(8)19/h3-5,7,9,12,20,22H,1-2,13H2,(H,18,21)(H2,14,15,16)/p+1/t5-,7-,9-,12-/m1/s1. The Balaban J connectivity index is 1.93. The van der Waals surface area contributed by atoms with Gasteiger partial charge in [0.05, 0.1) is 19.0 Å². The summed E-state index contributed by atoms with van der Waals surface area (Å²) in [5.41, 5.74) is 9.99. The molecule has 0 radical (unpaired) electrons. The van der Waals surface area contributed by atoms with E-state index in [2.05, 4.69) is 26.0 Å². The number of fused-ring (bicyclic) bond motifs is 1. The van der Waals surface area contributed by atoms with Gasteiger partial charge in [-0.15, -0.1) is 0 Å². The molecule has 1 aliphatic heterocycles. The highest BCUT2D eigenvalue weighted by molar-refractivity contribution is 5.81. The van der Waals surface area contributed by atoms with Crippen LogP contribution in [-0.2, 0) is 9.53 Å². The molecule has 0 spiro atoms. The van der Waals surface area contributed by atoms with Crippen LogP contribution in [0.1, 0.15) is 6.23 Å². The summed E-state index contributed by atoms with van der Waals surface area (Å²) in [4.78, 5) is 23.6. The molecule has 124 valence electrons. The maximum Gasteiger partial charge on any atom is 0.275 e. The zero-order chi connectivity index (χ0) is 16.6. The molecule has 4 atom stereocenters. The molecule has 1 fully saturated rings. The van der Waals surface area contributed by atoms with Crippen molar-refractivity contribution in [3.63, 3.8) is 0 Å². The normalized spacial score (nSPS) is 27.4. The maximum atomic E-state index is 11.5. The van der Waals surface area contributed by atoms with Crippen molar-refractivity contribution in [2.75, 3.05) is 18.9 Å². The summed E-state index contributed by atoms with van der Waals surface area (Å²) >= 11 is 0. The Morgan fingerprint density at radius 2 is 2.26 bits per heavy atom. The van der Waals surface area contributed by atoms with E-state index in [9.17, 15) is 15.0 Å². The molecule has 2 aromatic rings. The molecule has 8 N–H and O–H groups in total. The van der Waals surface area contributed by atoms with Crippen molar-refractivity contribution in [2.24, 2.45) is 0 Å². The minimum absolute atomic E-state index is 0.0177. The average Bonchev–Trinajstić information content (AvgIpc) is 3.10. The number of rotatable bonds is 4. The van der Waals surface area contributed by atoms with Crippen molar-refractivity contribution >= 4 is 22.9 Å². The number of ether oxygens (including phenoxy) is 1. The number of hydrogen-bond acceptors (Lipinski definition) is 8. The number of nitrogens with zero attached hydrogens (tertiary/aromatic N) is 4. The third-order valence-corrected chi connectivity index (χ3v) is 3.77. The quantitative estimate of drug-likeness (QED) is 0.383. The lowest BCUT2D eigenvalue weighted by Gasteiger charge is -2.20. The Hall–Kier alpha value is -2.34. The molecule has 0 aliphatic carbocycles. The Labute approximate surface area is 130 Å². The second-order valence-corrected chi connectivity index (χ2v) is 5.16. The van der Waals surface area contributed by atoms with Crippen LogP contribution >= 0.6 is 0 Å². The number of nitrogens with one attached hydrogen (secondary N) is 1. The third-order valence-electron chi connectivity index (χ3n) is 3.77. The van der Waals surface area contributed by atoms with Crippen molar-refractivity contribution in [3.8, 4) is 0 Å². The molecule has 3 heterocycles. The van der Waals surface area contributed by atoms with Gasteiger partial charge in [0.2, 0.25) is 0 Å². The highest BCUT2D eigenvalue weighted by atomic mass is 16.5. The van der Waals surface area contributed by atoms with Gasteiger partial charge in [-0.05, 0) is 0 Å². The fourth-order valence-electron chi connectivity index (χ4n) is 2.62. The van der Waals surface area contributed by atoms with Gasteiger partial charge >= 0.3 is 0 Å². The number of amides is 1. The van der Waals surface area contributed by atoms with Crippen molar-refractivity contribution in [2.45, 2.75) is 24.5 Å². The van der Waals surface area contributed by atoms with Gasteiger partial charge in [-0.3, -0.25) is 9.36 Å². The van der Waals surface area contributed by atoms with E-state index in [0.29, 0.717) is 11.2 Å². The van der Waals surface area contributed by atoms with E-state index in [-0.39, 0.29) is 24.9 Å². The summed E-state index contributed by atoms with van der Waals surface area (Å²) in [6, 6.07) is -0.768. The first-order valence-electron chi connectivity index (χ1n) is 7.02. The topological polar surface area (TPSA) is 176 Å². The number of aliphatic hydroxyl groups excluding tert-OH is 2. The van der Waals surface area contributed by atoms with Crippen LogP contribution in [-0.4, -0.2) is 67.0 Å². The van der Waals surface area contributed by atoms with Crippen molar-refractivity contribution < 1.29 is 25.5 Å². The number of hydrogen-bond donors (Lipinski definition) is 5. The molecule has 0 bridgehead atoms. The Morgan fingerprint density at radius 1 is 1.48 bits per heavy atom. The van der Waals surface area contributed by atoms with Gasteiger partial charge in [0.15, 0.2) is 24.2 Å². The second kappa shape index (κ2) is 6.04. The third kappa shape index (κ3) is 2.59. The zero-order valence-electron chi connectivity index (χ0n) is 12.2. The monoisotopic (exact) mass is 324 g/mol. The number of aliphatic hydroxyl groups is 2. The van der Waals surface area contributed by atoms with Gasteiger partial charge in [0, 0.05) is 0 Å². The highest BCUT2D eigenvalue weighted by Gasteiger charge is 2.45. The molecule has 0 saturated carbocycles. The van der Waals surface area contributed by atoms with E-state index < -0.39 is 24.5 Å². The highest BCUT2D eigenvalue weighted by Crippen LogP contribution is 2.31. The van der Waals surface area contributed by atoms with Gasteiger partial charge in [-0.25, -0.2) is 15.0 Å². The number of nitrogens with two attached hydrogens (primary N) is 1. The van der Waals surface area contributed by atoms with E-state index in [4.69, 9.17) is 10.5 Å². The number of anilines is 1. The molecule has 11 nitrogen and oxygen atoms in total. The van der Waals surface area contributed by atoms with Gasteiger partial charge in [-0.2, -0.15) is 0 Å². The van der Waals surface area contributed by atoms with E-state index in [1.807, 2.05) is 0 Å². The fraction of sp³-hybridized carbons (Fsp3) is 0.500. The number of imidazole rings is 1. The van der Waals surface area contributed by atoms with Gasteiger partial charge in [0.25, 0.3) is 5.91 Å². The second-order valence-electron chi connectivity index (χ2n) is 5.16. The Morgan fingerprint density at radius 3 is 2.96 bits per heavy atom. The van der Waals surface area contributed by atoms with Crippen molar-refractivity contribution in [3.05, 3.63) is 12.7 Å². The summed E-state index contributed by atoms with van der Waals surface area (Å²) in [6.45, 7) is -0.344. The van der Waals surface area contributed by atoms with Crippen LogP contribution in [0.25, 0.3) is 11.2 Å². The fourth-order valence-corrected chi connectivity index (χ4v) is 2.62. The molecule has 1 amide bonds. The number of nitrogen functional groups attached to an aromatic ring is 1. The van der Waals surface area contributed by atoms with Crippen LogP contribution in [0.3, 0.4) is 0 Å². The summed E-state index contributed by atoms with van der Waals surface area (Å²) in [7, 11) is 0. The first-order chi connectivity index (χ1) is 11.1. The van der Waals surface area contributed by atoms with Crippen LogP contribution in [0, 0.1) is 0 Å². The van der Waals surface area contributed by atoms with E-state index in [0.717, 1.165) is 0 Å². The Kier molecular flexibility index (Phi) is 4.09. The van der Waals surface area contributed by atoms with Gasteiger partial charge in [-0.1, -0.05) is 0 Å². The molecule has 11 heteroatoms. The zero-order valence-corrected chi connectivity index (χ0v) is 12.2. The molecule has 0 aromatic carbocycles. The molecule has 1 aliphatic rings. The number of carbonyl (C=O) groups is 1. The summed E-state index contributed by atoms with van der Waals surface area (Å²) in [5.74, 6) is -0.138. The van der Waals surface area contributed by atoms with Crippen LogP contribution in [0.2, 0.25) is 0 Å². The molecular weight excluding hydrogens is 306 g/mol. The number of aromatic nitrogens is 4. The largest absolute Gasteiger partial charge is 0.394 e. The first-order valence-corrected chi connectivity index (χ1v) is 7.02. The van der Waals surface area contributed by atoms with Crippen LogP contribution in [0.15, 0.2) is 12.7 Å². The van der Waals surface area contributed by atoms with Crippen molar-refractivity contribution in [1.29, 1.82) is 0 Å². The van der Waals surface area contributed by atoms with E-state index in [1.165, 1.54) is 17.2 Å². The van der Waals surface area contributed by atoms with Crippen LogP contribution < -0.4 is 16.8 Å². The van der Waals surface area contributed by atoms with Crippen LogP contribution in [0.5, 0.6) is 0 Å². The molecule has 2 aromatic heterocycles. The number of carbonyl (C=O) groups excluding carboxylic acids is 1. The average molecular weight is 324 g/mol. The smallest absolute Gasteiger partial charge is 0.275 e. The van der Waals surface area contributed by atoms with Crippen molar-refractivity contribution in [1.82, 2.24) is 24.8 Å². The maximum absolute atomic E-state index is 11.5. The minimum atomic E-state index is -1.10. The lowest BCUT2D eigenvalue weighted by Crippen LogP contribution is -2.60. The predicted molar refractivity (Wildman–Crippen MR) is 76.4 cm³/mol. The first kappa shape index (κ1) is 15.6. The SMILES string of the molecule is Nc1ncnc2c1ncn2[C@@H]1O[C@H](CO)[C@@H](NC(=O)C[NH3+])[C@H]1O. The lowest BCUT2D eigenvalue weighted by atomic mass is 10.1. The predicted octanol–water partition coefficient (Wildman–Crippen LogP) is -3.61. The van der Waals surface area contributed by atoms with Crippen LogP contribution in [0.4, 0.5) is 5.82 Å². The van der Waals surface area contributed by atoms with Gasteiger partial charge in [0.1, 0.15) is 24.1 Å². The Bertz CT molecular complexity index is 720.